The molecule has 2 rings (SSSR count). The van der Waals surface area contributed by atoms with Gasteiger partial charge < -0.3 is 19.8 Å². The zero-order valence-electron chi connectivity index (χ0n) is 13.6. The van der Waals surface area contributed by atoms with Crippen LogP contribution in [0, 0.1) is 0 Å². The molecule has 1 aliphatic heterocycles. The smallest absolute Gasteiger partial charge is 0.117 e. The molecule has 0 saturated carbocycles. The second-order valence-electron chi connectivity index (χ2n) is 6.62. The predicted octanol–water partition coefficient (Wildman–Crippen LogP) is 3.21. The lowest BCUT2D eigenvalue weighted by atomic mass is 9.92. The summed E-state index contributed by atoms with van der Waals surface area (Å²) in [5.74, 6) is 0.972. The van der Waals surface area contributed by atoms with Crippen LogP contribution in [0.25, 0.3) is 0 Å². The molecule has 0 saturated heterocycles. The van der Waals surface area contributed by atoms with E-state index in [2.05, 4.69) is 38.3 Å². The van der Waals surface area contributed by atoms with Crippen molar-refractivity contribution in [2.45, 2.75) is 64.8 Å². The zero-order chi connectivity index (χ0) is 15.3. The van der Waals surface area contributed by atoms with Crippen molar-refractivity contribution in [3.8, 4) is 0 Å². The first-order chi connectivity index (χ1) is 9.97. The number of hydrogen-bond acceptors (Lipinski definition) is 4. The van der Waals surface area contributed by atoms with Crippen LogP contribution < -0.4 is 10.6 Å². The van der Waals surface area contributed by atoms with Gasteiger partial charge in [0.2, 0.25) is 0 Å². The molecule has 1 aliphatic rings. The van der Waals surface area contributed by atoms with Crippen LogP contribution in [0.1, 0.15) is 46.3 Å². The highest BCUT2D eigenvalue weighted by Gasteiger charge is 2.33. The van der Waals surface area contributed by atoms with Gasteiger partial charge in [0, 0.05) is 31.5 Å². The van der Waals surface area contributed by atoms with Crippen molar-refractivity contribution in [3.05, 3.63) is 36.0 Å². The van der Waals surface area contributed by atoms with E-state index in [1.807, 2.05) is 18.4 Å². The number of hydrogen-bond donors (Lipinski definition) is 2. The van der Waals surface area contributed by atoms with Crippen molar-refractivity contribution in [1.29, 1.82) is 0 Å². The summed E-state index contributed by atoms with van der Waals surface area (Å²) in [5.41, 5.74) is 1.26. The Kier molecular flexibility index (Phi) is 5.48. The average Bonchev–Trinajstić information content (AvgIpc) is 3.04. The van der Waals surface area contributed by atoms with Gasteiger partial charge in [-0.15, -0.1) is 0 Å². The molecular weight excluding hydrogens is 264 g/mol. The molecule has 0 aromatic carbocycles. The fourth-order valence-electron chi connectivity index (χ4n) is 2.76. The van der Waals surface area contributed by atoms with Crippen molar-refractivity contribution in [2.24, 2.45) is 0 Å². The van der Waals surface area contributed by atoms with Gasteiger partial charge in [0.25, 0.3) is 0 Å². The number of nitrogens with one attached hydrogen (secondary N) is 2. The van der Waals surface area contributed by atoms with Gasteiger partial charge in [0.1, 0.15) is 11.4 Å². The Hall–Kier alpha value is -1.26. The highest BCUT2D eigenvalue weighted by atomic mass is 16.5. The van der Waals surface area contributed by atoms with Crippen LogP contribution in [-0.4, -0.2) is 24.2 Å². The minimum absolute atomic E-state index is 0.0937. The maximum atomic E-state index is 5.93. The lowest BCUT2D eigenvalue weighted by molar-refractivity contribution is 0.0452. The van der Waals surface area contributed by atoms with Gasteiger partial charge in [-0.3, -0.25) is 0 Å². The van der Waals surface area contributed by atoms with E-state index in [9.17, 15) is 0 Å². The Labute approximate surface area is 127 Å². The molecule has 21 heavy (non-hydrogen) atoms. The van der Waals surface area contributed by atoms with E-state index in [0.29, 0.717) is 12.1 Å². The first-order valence-corrected chi connectivity index (χ1v) is 7.82. The highest BCUT2D eigenvalue weighted by Crippen LogP contribution is 2.32. The Balaban J connectivity index is 1.72. The molecule has 0 spiro atoms. The lowest BCUT2D eigenvalue weighted by Gasteiger charge is -2.28. The van der Waals surface area contributed by atoms with Gasteiger partial charge in [0.15, 0.2) is 0 Å². The number of furan rings is 1. The molecule has 0 bridgehead atoms. The van der Waals surface area contributed by atoms with Gasteiger partial charge in [-0.25, -0.2) is 0 Å². The molecule has 4 nitrogen and oxygen atoms in total. The first-order valence-electron chi connectivity index (χ1n) is 7.82. The van der Waals surface area contributed by atoms with Crippen LogP contribution in [0.15, 0.2) is 34.6 Å². The molecule has 2 unspecified atom stereocenters. The van der Waals surface area contributed by atoms with Crippen molar-refractivity contribution in [2.75, 3.05) is 6.54 Å². The van der Waals surface area contributed by atoms with Crippen LogP contribution in [-0.2, 0) is 11.3 Å². The van der Waals surface area contributed by atoms with E-state index >= 15 is 0 Å². The fraction of sp³-hybridized carbons (Fsp3) is 0.647. The third kappa shape index (κ3) is 5.21. The SMILES string of the molecule is CC(C)NCC1=COC(C)(CC(C)NCc2ccco2)C1. The molecule has 1 aromatic rings. The van der Waals surface area contributed by atoms with Gasteiger partial charge in [-0.05, 0) is 31.6 Å². The Bertz CT molecular complexity index is 453. The summed E-state index contributed by atoms with van der Waals surface area (Å²) in [6, 6.07) is 4.80. The average molecular weight is 292 g/mol. The monoisotopic (exact) mass is 292 g/mol. The normalized spacial score (nSPS) is 23.2. The quantitative estimate of drug-likeness (QED) is 0.772. The summed E-state index contributed by atoms with van der Waals surface area (Å²) in [6.45, 7) is 10.4. The van der Waals surface area contributed by atoms with Crippen LogP contribution >= 0.6 is 0 Å². The van der Waals surface area contributed by atoms with Gasteiger partial charge in [-0.2, -0.15) is 0 Å². The molecule has 118 valence electrons. The molecule has 0 radical (unpaired) electrons. The van der Waals surface area contributed by atoms with Crippen molar-refractivity contribution < 1.29 is 9.15 Å². The molecule has 2 N–H and O–H groups in total. The molecule has 4 heteroatoms. The van der Waals surface area contributed by atoms with Crippen LogP contribution in [0.2, 0.25) is 0 Å². The van der Waals surface area contributed by atoms with Crippen LogP contribution in [0.5, 0.6) is 0 Å². The molecule has 0 fully saturated rings. The molecule has 0 amide bonds. The molecular formula is C17H28N2O2. The molecule has 1 aromatic heterocycles. The predicted molar refractivity (Wildman–Crippen MR) is 85.0 cm³/mol. The molecule has 2 atom stereocenters. The van der Waals surface area contributed by atoms with Crippen molar-refractivity contribution in [3.63, 3.8) is 0 Å². The van der Waals surface area contributed by atoms with E-state index in [-0.39, 0.29) is 5.60 Å². The Morgan fingerprint density at radius 3 is 2.71 bits per heavy atom. The maximum absolute atomic E-state index is 5.93. The second-order valence-corrected chi connectivity index (χ2v) is 6.62. The van der Waals surface area contributed by atoms with E-state index < -0.39 is 0 Å². The minimum atomic E-state index is -0.0937. The summed E-state index contributed by atoms with van der Waals surface area (Å²) in [5, 5.41) is 6.94. The van der Waals surface area contributed by atoms with Gasteiger partial charge >= 0.3 is 0 Å². The summed E-state index contributed by atoms with van der Waals surface area (Å²) in [6.07, 6.45) is 5.63. The van der Waals surface area contributed by atoms with Gasteiger partial charge in [-0.1, -0.05) is 13.8 Å². The van der Waals surface area contributed by atoms with Crippen molar-refractivity contribution >= 4 is 0 Å². The molecule has 0 aliphatic carbocycles. The maximum Gasteiger partial charge on any atom is 0.117 e. The summed E-state index contributed by atoms with van der Waals surface area (Å²) >= 11 is 0. The van der Waals surface area contributed by atoms with E-state index in [0.717, 1.165) is 31.7 Å². The minimum Gasteiger partial charge on any atom is -0.495 e. The van der Waals surface area contributed by atoms with Crippen LogP contribution in [0.4, 0.5) is 0 Å². The third-order valence-electron chi connectivity index (χ3n) is 3.79. The number of rotatable bonds is 8. The Morgan fingerprint density at radius 2 is 2.05 bits per heavy atom. The third-order valence-corrected chi connectivity index (χ3v) is 3.79. The van der Waals surface area contributed by atoms with E-state index in [1.165, 1.54) is 5.57 Å². The largest absolute Gasteiger partial charge is 0.495 e. The topological polar surface area (TPSA) is 46.4 Å². The number of ether oxygens (including phenoxy) is 1. The van der Waals surface area contributed by atoms with E-state index in [1.54, 1.807) is 6.26 Å². The second kappa shape index (κ2) is 7.14. The molecule has 2 heterocycles. The summed E-state index contributed by atoms with van der Waals surface area (Å²) in [7, 11) is 0. The standard InChI is InChI=1S/C17H28N2O2/c1-13(2)18-10-15-9-17(4,21-12-15)8-14(3)19-11-16-6-5-7-20-16/h5-7,12-14,18-19H,8-11H2,1-4H3. The van der Waals surface area contributed by atoms with Crippen molar-refractivity contribution in [1.82, 2.24) is 10.6 Å². The highest BCUT2D eigenvalue weighted by molar-refractivity contribution is 5.12. The fourth-order valence-corrected chi connectivity index (χ4v) is 2.76. The van der Waals surface area contributed by atoms with E-state index in [4.69, 9.17) is 9.15 Å². The van der Waals surface area contributed by atoms with Crippen LogP contribution in [0.3, 0.4) is 0 Å². The summed E-state index contributed by atoms with van der Waals surface area (Å²) < 4.78 is 11.3. The first kappa shape index (κ1) is 16.1. The summed E-state index contributed by atoms with van der Waals surface area (Å²) in [4.78, 5) is 0. The lowest BCUT2D eigenvalue weighted by Crippen LogP contribution is -2.36. The van der Waals surface area contributed by atoms with Gasteiger partial charge in [0.05, 0.1) is 19.1 Å². The Morgan fingerprint density at radius 1 is 1.24 bits per heavy atom. The zero-order valence-corrected chi connectivity index (χ0v) is 13.6.